The van der Waals surface area contributed by atoms with E-state index in [1.807, 2.05) is 33.8 Å². The van der Waals surface area contributed by atoms with E-state index in [0.29, 0.717) is 16.4 Å². The monoisotopic (exact) mass is 279 g/mol. The summed E-state index contributed by atoms with van der Waals surface area (Å²) in [5, 5.41) is 0.615. The molecule has 0 spiro atoms. The predicted molar refractivity (Wildman–Crippen MR) is 74.7 cm³/mol. The standard InChI is InChI=1S/C13H15BClNO3/c1-12(2)13(3,4)19-14(18-12)11-16-9-6-5-8(15)7-10(9)17-11/h5-7H,1-4H3. The lowest BCUT2D eigenvalue weighted by Gasteiger charge is -2.32. The zero-order valence-electron chi connectivity index (χ0n) is 11.4. The van der Waals surface area contributed by atoms with Crippen LogP contribution in [0, 0.1) is 0 Å². The van der Waals surface area contributed by atoms with E-state index in [0.717, 1.165) is 5.52 Å². The Morgan fingerprint density at radius 1 is 1.11 bits per heavy atom. The van der Waals surface area contributed by atoms with Crippen molar-refractivity contribution in [3.8, 4) is 0 Å². The molecule has 0 atom stereocenters. The molecule has 0 unspecified atom stereocenters. The summed E-state index contributed by atoms with van der Waals surface area (Å²) in [6.07, 6.45) is 0. The van der Waals surface area contributed by atoms with Crippen molar-refractivity contribution in [1.29, 1.82) is 0 Å². The highest BCUT2D eigenvalue weighted by Gasteiger charge is 2.53. The van der Waals surface area contributed by atoms with Crippen LogP contribution in [0.3, 0.4) is 0 Å². The van der Waals surface area contributed by atoms with Gasteiger partial charge in [0, 0.05) is 11.1 Å². The molecule has 0 bridgehead atoms. The third-order valence-corrected chi connectivity index (χ3v) is 4.06. The molecule has 0 aliphatic carbocycles. The van der Waals surface area contributed by atoms with Crippen molar-refractivity contribution in [2.75, 3.05) is 0 Å². The van der Waals surface area contributed by atoms with Gasteiger partial charge in [-0.25, -0.2) is 4.98 Å². The van der Waals surface area contributed by atoms with Gasteiger partial charge in [0.1, 0.15) is 5.52 Å². The minimum atomic E-state index is -0.587. The first-order valence-corrected chi connectivity index (χ1v) is 6.58. The highest BCUT2D eigenvalue weighted by Crippen LogP contribution is 2.36. The number of hydrogen-bond acceptors (Lipinski definition) is 4. The first-order chi connectivity index (χ1) is 8.78. The molecule has 1 aromatic carbocycles. The van der Waals surface area contributed by atoms with Crippen molar-refractivity contribution >= 4 is 35.6 Å². The Hall–Kier alpha value is -1.04. The fourth-order valence-electron chi connectivity index (χ4n) is 1.96. The van der Waals surface area contributed by atoms with Crippen molar-refractivity contribution in [3.63, 3.8) is 0 Å². The average Bonchev–Trinajstić information content (AvgIpc) is 2.78. The summed E-state index contributed by atoms with van der Waals surface area (Å²) >= 11 is 5.93. The van der Waals surface area contributed by atoms with E-state index in [1.54, 1.807) is 12.1 Å². The molecule has 1 aliphatic heterocycles. The Morgan fingerprint density at radius 2 is 1.74 bits per heavy atom. The molecule has 6 heteroatoms. The largest absolute Gasteiger partial charge is 0.554 e. The molecule has 1 aliphatic rings. The van der Waals surface area contributed by atoms with E-state index >= 15 is 0 Å². The van der Waals surface area contributed by atoms with E-state index in [-0.39, 0.29) is 0 Å². The number of oxazole rings is 1. The summed E-state index contributed by atoms with van der Waals surface area (Å²) in [6.45, 7) is 7.97. The Balaban J connectivity index is 1.98. The van der Waals surface area contributed by atoms with Crippen LogP contribution in [0.4, 0.5) is 0 Å². The molecule has 3 rings (SSSR count). The number of aromatic nitrogens is 1. The summed E-state index contributed by atoms with van der Waals surface area (Å²) < 4.78 is 17.5. The third-order valence-electron chi connectivity index (χ3n) is 3.82. The number of rotatable bonds is 1. The average molecular weight is 280 g/mol. The third kappa shape index (κ3) is 2.06. The van der Waals surface area contributed by atoms with Gasteiger partial charge in [-0.05, 0) is 39.8 Å². The molecule has 1 aromatic heterocycles. The van der Waals surface area contributed by atoms with Crippen LogP contribution in [-0.2, 0) is 9.31 Å². The Bertz CT molecular complexity index is 622. The molecular formula is C13H15BClNO3. The Kier molecular flexibility index (Phi) is 2.72. The van der Waals surface area contributed by atoms with Crippen LogP contribution >= 0.6 is 11.6 Å². The van der Waals surface area contributed by atoms with Gasteiger partial charge in [0.15, 0.2) is 5.58 Å². The lowest BCUT2D eigenvalue weighted by Crippen LogP contribution is -2.41. The van der Waals surface area contributed by atoms with Crippen molar-refractivity contribution in [3.05, 3.63) is 23.2 Å². The molecule has 0 amide bonds. The minimum absolute atomic E-state index is 0.407. The molecule has 1 fully saturated rings. The first-order valence-electron chi connectivity index (χ1n) is 6.20. The van der Waals surface area contributed by atoms with Gasteiger partial charge in [0.05, 0.1) is 11.2 Å². The zero-order valence-corrected chi connectivity index (χ0v) is 12.1. The topological polar surface area (TPSA) is 44.5 Å². The summed E-state index contributed by atoms with van der Waals surface area (Å²) in [4.78, 5) is 4.39. The van der Waals surface area contributed by atoms with Gasteiger partial charge in [-0.1, -0.05) is 11.6 Å². The van der Waals surface area contributed by atoms with Gasteiger partial charge >= 0.3 is 7.12 Å². The quantitative estimate of drug-likeness (QED) is 0.753. The SMILES string of the molecule is CC1(C)OB(c2nc3ccc(Cl)cc3o2)OC1(C)C. The van der Waals surface area contributed by atoms with E-state index in [4.69, 9.17) is 25.3 Å². The lowest BCUT2D eigenvalue weighted by atomic mass is 9.90. The van der Waals surface area contributed by atoms with Crippen LogP contribution in [0.5, 0.6) is 0 Å². The summed E-state index contributed by atoms with van der Waals surface area (Å²) in [7, 11) is -0.587. The highest BCUT2D eigenvalue weighted by molar-refractivity contribution is 6.60. The van der Waals surface area contributed by atoms with E-state index < -0.39 is 18.3 Å². The van der Waals surface area contributed by atoms with Crippen molar-refractivity contribution < 1.29 is 13.7 Å². The normalized spacial score (nSPS) is 21.2. The molecule has 1 saturated heterocycles. The van der Waals surface area contributed by atoms with Gasteiger partial charge in [-0.15, -0.1) is 0 Å². The number of nitrogens with zero attached hydrogens (tertiary/aromatic N) is 1. The highest BCUT2D eigenvalue weighted by atomic mass is 35.5. The van der Waals surface area contributed by atoms with Crippen LogP contribution in [-0.4, -0.2) is 23.3 Å². The molecule has 0 saturated carbocycles. The fourth-order valence-corrected chi connectivity index (χ4v) is 2.12. The van der Waals surface area contributed by atoms with Gasteiger partial charge in [-0.3, -0.25) is 0 Å². The lowest BCUT2D eigenvalue weighted by molar-refractivity contribution is 0.00578. The predicted octanol–water partition coefficient (Wildman–Crippen LogP) is 2.78. The smallest absolute Gasteiger partial charge is 0.443 e. The second kappa shape index (κ2) is 3.98. The first kappa shape index (κ1) is 13.0. The second-order valence-electron chi connectivity index (χ2n) is 5.75. The molecule has 0 radical (unpaired) electrons. The molecule has 0 N–H and O–H groups in total. The van der Waals surface area contributed by atoms with Gasteiger partial charge in [-0.2, -0.15) is 0 Å². The Morgan fingerprint density at radius 3 is 2.37 bits per heavy atom. The molecule has 2 heterocycles. The molecular weight excluding hydrogens is 264 g/mol. The van der Waals surface area contributed by atoms with E-state index in [2.05, 4.69) is 4.98 Å². The number of benzene rings is 1. The van der Waals surface area contributed by atoms with Crippen LogP contribution in [0.1, 0.15) is 27.7 Å². The van der Waals surface area contributed by atoms with Crippen molar-refractivity contribution in [2.45, 2.75) is 38.9 Å². The van der Waals surface area contributed by atoms with E-state index in [9.17, 15) is 0 Å². The van der Waals surface area contributed by atoms with Crippen LogP contribution in [0.25, 0.3) is 11.1 Å². The Labute approximate surface area is 117 Å². The van der Waals surface area contributed by atoms with Gasteiger partial charge in [0.25, 0.3) is 0 Å². The second-order valence-corrected chi connectivity index (χ2v) is 6.19. The van der Waals surface area contributed by atoms with E-state index in [1.165, 1.54) is 0 Å². The van der Waals surface area contributed by atoms with Gasteiger partial charge in [0.2, 0.25) is 5.79 Å². The zero-order chi connectivity index (χ0) is 13.8. The van der Waals surface area contributed by atoms with Gasteiger partial charge < -0.3 is 13.7 Å². The molecule has 19 heavy (non-hydrogen) atoms. The maximum absolute atomic E-state index is 5.93. The summed E-state index contributed by atoms with van der Waals surface area (Å²) in [5.74, 6) is 0.427. The van der Waals surface area contributed by atoms with Crippen LogP contribution in [0.15, 0.2) is 22.6 Å². The maximum Gasteiger partial charge on any atom is 0.554 e. The van der Waals surface area contributed by atoms with Crippen LogP contribution in [0.2, 0.25) is 5.02 Å². The number of hydrogen-bond donors (Lipinski definition) is 0. The van der Waals surface area contributed by atoms with Crippen LogP contribution < -0.4 is 5.79 Å². The van der Waals surface area contributed by atoms with Crippen molar-refractivity contribution in [2.24, 2.45) is 0 Å². The number of fused-ring (bicyclic) bond motifs is 1. The molecule has 100 valence electrons. The summed E-state index contributed by atoms with van der Waals surface area (Å²) in [6, 6.07) is 5.33. The maximum atomic E-state index is 5.93. The summed E-state index contributed by atoms with van der Waals surface area (Å²) in [5.41, 5.74) is 0.567. The van der Waals surface area contributed by atoms with Crippen molar-refractivity contribution in [1.82, 2.24) is 4.98 Å². The fraction of sp³-hybridized carbons (Fsp3) is 0.462. The number of halogens is 1. The molecule has 2 aromatic rings. The molecule has 4 nitrogen and oxygen atoms in total. The minimum Gasteiger partial charge on any atom is -0.443 e.